The maximum atomic E-state index is 11.4. The molecule has 0 aliphatic carbocycles. The molecular formula is C9H14Cl2N2OS. The molecule has 0 saturated carbocycles. The quantitative estimate of drug-likeness (QED) is 0.910. The van der Waals surface area contributed by atoms with Crippen LogP contribution in [-0.2, 0) is 11.3 Å². The van der Waals surface area contributed by atoms with Crippen LogP contribution in [0.15, 0.2) is 12.1 Å². The summed E-state index contributed by atoms with van der Waals surface area (Å²) >= 11 is 7.27. The second kappa shape index (κ2) is 7.06. The number of carbonyl (C=O) groups excluding carboxylic acids is 1. The van der Waals surface area contributed by atoms with Gasteiger partial charge in [-0.2, -0.15) is 0 Å². The zero-order valence-electron chi connectivity index (χ0n) is 8.40. The highest BCUT2D eigenvalue weighted by Crippen LogP contribution is 2.22. The second-order valence-corrected chi connectivity index (χ2v) is 4.79. The fourth-order valence-electron chi connectivity index (χ4n) is 1.07. The molecule has 0 spiro atoms. The van der Waals surface area contributed by atoms with Gasteiger partial charge in [-0.05, 0) is 12.1 Å². The molecule has 86 valence electrons. The Labute approximate surface area is 105 Å². The third-order valence-corrected chi connectivity index (χ3v) is 3.02. The van der Waals surface area contributed by atoms with E-state index >= 15 is 0 Å². The predicted molar refractivity (Wildman–Crippen MR) is 66.7 cm³/mol. The average molecular weight is 269 g/mol. The lowest BCUT2D eigenvalue weighted by Crippen LogP contribution is -2.27. The summed E-state index contributed by atoms with van der Waals surface area (Å²) in [4.78, 5) is 14.1. The van der Waals surface area contributed by atoms with Gasteiger partial charge in [0.2, 0.25) is 5.91 Å². The number of thiophene rings is 1. The van der Waals surface area contributed by atoms with Crippen LogP contribution >= 0.6 is 35.3 Å². The molecule has 1 amide bonds. The minimum atomic E-state index is 0. The maximum Gasteiger partial charge on any atom is 0.223 e. The normalized spacial score (nSPS) is 9.53. The number of halogens is 2. The van der Waals surface area contributed by atoms with E-state index in [0.717, 1.165) is 9.21 Å². The van der Waals surface area contributed by atoms with E-state index in [4.69, 9.17) is 17.3 Å². The van der Waals surface area contributed by atoms with Gasteiger partial charge in [0.25, 0.3) is 0 Å². The van der Waals surface area contributed by atoms with Gasteiger partial charge in [-0.3, -0.25) is 4.79 Å². The molecule has 1 heterocycles. The van der Waals surface area contributed by atoms with Crippen molar-refractivity contribution < 1.29 is 4.79 Å². The molecule has 0 bridgehead atoms. The molecule has 0 fully saturated rings. The van der Waals surface area contributed by atoms with Crippen molar-refractivity contribution in [3.05, 3.63) is 21.3 Å². The molecule has 0 aliphatic rings. The lowest BCUT2D eigenvalue weighted by Gasteiger charge is -2.15. The zero-order chi connectivity index (χ0) is 10.6. The van der Waals surface area contributed by atoms with Gasteiger partial charge in [-0.25, -0.2) is 0 Å². The van der Waals surface area contributed by atoms with Gasteiger partial charge in [0, 0.05) is 24.9 Å². The van der Waals surface area contributed by atoms with E-state index in [-0.39, 0.29) is 18.3 Å². The van der Waals surface area contributed by atoms with Crippen molar-refractivity contribution >= 4 is 41.3 Å². The molecule has 15 heavy (non-hydrogen) atoms. The Morgan fingerprint density at radius 2 is 2.27 bits per heavy atom. The average Bonchev–Trinajstić information content (AvgIpc) is 2.51. The minimum absolute atomic E-state index is 0. The van der Waals surface area contributed by atoms with E-state index < -0.39 is 0 Å². The number of hydrogen-bond donors (Lipinski definition) is 1. The molecule has 3 nitrogen and oxygen atoms in total. The molecule has 0 atom stereocenters. The summed E-state index contributed by atoms with van der Waals surface area (Å²) in [5, 5.41) is 0. The molecule has 0 aromatic carbocycles. The number of amides is 1. The molecule has 1 aromatic rings. The first kappa shape index (κ1) is 14.7. The van der Waals surface area contributed by atoms with Crippen LogP contribution in [0.1, 0.15) is 11.3 Å². The monoisotopic (exact) mass is 268 g/mol. The Bertz CT molecular complexity index is 317. The summed E-state index contributed by atoms with van der Waals surface area (Å²) in [6.45, 7) is 1.00. The van der Waals surface area contributed by atoms with Crippen molar-refractivity contribution in [2.45, 2.75) is 13.0 Å². The van der Waals surface area contributed by atoms with Crippen LogP contribution in [0.5, 0.6) is 0 Å². The van der Waals surface area contributed by atoms with Gasteiger partial charge in [-0.1, -0.05) is 11.6 Å². The van der Waals surface area contributed by atoms with Crippen LogP contribution in [-0.4, -0.2) is 24.4 Å². The molecule has 0 radical (unpaired) electrons. The highest BCUT2D eigenvalue weighted by atomic mass is 35.5. The molecule has 1 rings (SSSR count). The van der Waals surface area contributed by atoms with E-state index in [1.807, 2.05) is 12.1 Å². The highest BCUT2D eigenvalue weighted by molar-refractivity contribution is 7.16. The van der Waals surface area contributed by atoms with Crippen LogP contribution in [0.2, 0.25) is 4.34 Å². The standard InChI is InChI=1S/C9H13ClN2OS.ClH/c1-12(9(13)4-5-11)6-7-2-3-8(10)14-7;/h2-3H,4-6,11H2,1H3;1H. The molecule has 2 N–H and O–H groups in total. The van der Waals surface area contributed by atoms with E-state index in [2.05, 4.69) is 0 Å². The van der Waals surface area contributed by atoms with Crippen LogP contribution < -0.4 is 5.73 Å². The van der Waals surface area contributed by atoms with Crippen molar-refractivity contribution in [2.75, 3.05) is 13.6 Å². The summed E-state index contributed by atoms with van der Waals surface area (Å²) in [6, 6.07) is 3.77. The SMILES string of the molecule is CN(Cc1ccc(Cl)s1)C(=O)CCN.Cl. The van der Waals surface area contributed by atoms with Crippen LogP contribution in [0.3, 0.4) is 0 Å². The fraction of sp³-hybridized carbons (Fsp3) is 0.444. The lowest BCUT2D eigenvalue weighted by molar-refractivity contribution is -0.130. The summed E-state index contributed by atoms with van der Waals surface area (Å²) in [5.74, 6) is 0.0667. The third kappa shape index (κ3) is 4.84. The number of nitrogens with two attached hydrogens (primary N) is 1. The molecule has 0 unspecified atom stereocenters. The molecule has 0 saturated heterocycles. The van der Waals surface area contributed by atoms with Gasteiger partial charge in [-0.15, -0.1) is 23.7 Å². The van der Waals surface area contributed by atoms with Crippen LogP contribution in [0.4, 0.5) is 0 Å². The largest absolute Gasteiger partial charge is 0.341 e. The summed E-state index contributed by atoms with van der Waals surface area (Å²) in [5.41, 5.74) is 5.30. The van der Waals surface area contributed by atoms with Gasteiger partial charge in [0.15, 0.2) is 0 Å². The van der Waals surface area contributed by atoms with E-state index in [1.165, 1.54) is 11.3 Å². The summed E-state index contributed by atoms with van der Waals surface area (Å²) in [7, 11) is 1.77. The van der Waals surface area contributed by atoms with Crippen molar-refractivity contribution in [1.29, 1.82) is 0 Å². The first-order chi connectivity index (χ1) is 6.63. The minimum Gasteiger partial charge on any atom is -0.341 e. The lowest BCUT2D eigenvalue weighted by atomic mass is 10.3. The third-order valence-electron chi connectivity index (χ3n) is 1.81. The Morgan fingerprint density at radius 1 is 1.60 bits per heavy atom. The van der Waals surface area contributed by atoms with Gasteiger partial charge < -0.3 is 10.6 Å². The number of carbonyl (C=O) groups is 1. The first-order valence-electron chi connectivity index (χ1n) is 4.31. The van der Waals surface area contributed by atoms with E-state index in [0.29, 0.717) is 19.5 Å². The van der Waals surface area contributed by atoms with Crippen LogP contribution in [0, 0.1) is 0 Å². The van der Waals surface area contributed by atoms with Gasteiger partial charge in [0.1, 0.15) is 0 Å². The smallest absolute Gasteiger partial charge is 0.223 e. The van der Waals surface area contributed by atoms with E-state index in [9.17, 15) is 4.79 Å². The molecule has 6 heteroatoms. The zero-order valence-corrected chi connectivity index (χ0v) is 10.8. The van der Waals surface area contributed by atoms with Crippen molar-refractivity contribution in [3.63, 3.8) is 0 Å². The van der Waals surface area contributed by atoms with Gasteiger partial charge >= 0.3 is 0 Å². The topological polar surface area (TPSA) is 46.3 Å². The first-order valence-corrected chi connectivity index (χ1v) is 5.51. The van der Waals surface area contributed by atoms with Gasteiger partial charge in [0.05, 0.1) is 10.9 Å². The number of hydrogen-bond acceptors (Lipinski definition) is 3. The second-order valence-electron chi connectivity index (χ2n) is 2.99. The van der Waals surface area contributed by atoms with Crippen molar-refractivity contribution in [3.8, 4) is 0 Å². The highest BCUT2D eigenvalue weighted by Gasteiger charge is 2.08. The number of nitrogens with zero attached hydrogens (tertiary/aromatic N) is 1. The predicted octanol–water partition coefficient (Wildman–Crippen LogP) is 2.13. The molecular weight excluding hydrogens is 255 g/mol. The van der Waals surface area contributed by atoms with Crippen LogP contribution in [0.25, 0.3) is 0 Å². The van der Waals surface area contributed by atoms with Crippen molar-refractivity contribution in [2.24, 2.45) is 5.73 Å². The summed E-state index contributed by atoms with van der Waals surface area (Å²) in [6.07, 6.45) is 0.398. The molecule has 1 aromatic heterocycles. The number of rotatable bonds is 4. The Morgan fingerprint density at radius 3 is 2.73 bits per heavy atom. The fourth-order valence-corrected chi connectivity index (χ4v) is 2.21. The van der Waals surface area contributed by atoms with Crippen molar-refractivity contribution in [1.82, 2.24) is 4.90 Å². The Balaban J connectivity index is 0.00000196. The Hall–Kier alpha value is -0.290. The molecule has 0 aliphatic heterocycles. The maximum absolute atomic E-state index is 11.4. The van der Waals surface area contributed by atoms with E-state index in [1.54, 1.807) is 11.9 Å². The summed E-state index contributed by atoms with van der Waals surface area (Å²) < 4.78 is 0.750. The Kier molecular flexibility index (Phi) is 6.92.